The highest BCUT2D eigenvalue weighted by atomic mass is 16.4. The SMILES string of the molecule is CN(Cc1nnc(-c2ccccc2)o1)C(=O)c1ccc(-c2ccccc2)cc1. The van der Waals surface area contributed by atoms with Crippen molar-refractivity contribution in [1.82, 2.24) is 15.1 Å². The molecule has 0 aliphatic carbocycles. The fraction of sp³-hybridized carbons (Fsp3) is 0.0870. The van der Waals surface area contributed by atoms with Gasteiger partial charge in [-0.15, -0.1) is 10.2 Å². The van der Waals surface area contributed by atoms with Gasteiger partial charge >= 0.3 is 0 Å². The Labute approximate surface area is 163 Å². The van der Waals surface area contributed by atoms with Crippen LogP contribution in [0.3, 0.4) is 0 Å². The predicted octanol–water partition coefficient (Wildman–Crippen LogP) is 4.68. The van der Waals surface area contributed by atoms with Crippen molar-refractivity contribution in [2.75, 3.05) is 7.05 Å². The normalized spacial score (nSPS) is 10.6. The van der Waals surface area contributed by atoms with Crippen LogP contribution in [0.15, 0.2) is 89.3 Å². The molecule has 1 heterocycles. The maximum absolute atomic E-state index is 12.7. The molecule has 0 saturated heterocycles. The fourth-order valence-corrected chi connectivity index (χ4v) is 2.95. The molecule has 0 atom stereocenters. The molecular formula is C23H19N3O2. The van der Waals surface area contributed by atoms with Gasteiger partial charge in [0, 0.05) is 18.2 Å². The molecule has 4 aromatic rings. The van der Waals surface area contributed by atoms with E-state index in [9.17, 15) is 4.79 Å². The van der Waals surface area contributed by atoms with Crippen molar-refractivity contribution in [2.45, 2.75) is 6.54 Å². The molecule has 138 valence electrons. The number of aromatic nitrogens is 2. The zero-order valence-corrected chi connectivity index (χ0v) is 15.4. The molecule has 0 fully saturated rings. The Hall–Kier alpha value is -3.73. The molecule has 0 bridgehead atoms. The molecule has 1 amide bonds. The molecule has 0 unspecified atom stereocenters. The zero-order valence-electron chi connectivity index (χ0n) is 15.4. The van der Waals surface area contributed by atoms with Crippen molar-refractivity contribution in [1.29, 1.82) is 0 Å². The van der Waals surface area contributed by atoms with Crippen LogP contribution in [-0.2, 0) is 6.54 Å². The van der Waals surface area contributed by atoms with Crippen LogP contribution >= 0.6 is 0 Å². The molecule has 0 aliphatic rings. The van der Waals surface area contributed by atoms with E-state index in [1.54, 1.807) is 11.9 Å². The molecule has 0 radical (unpaired) electrons. The summed E-state index contributed by atoms with van der Waals surface area (Å²) in [6.45, 7) is 0.249. The highest BCUT2D eigenvalue weighted by molar-refractivity contribution is 5.94. The van der Waals surface area contributed by atoms with Crippen LogP contribution in [0.4, 0.5) is 0 Å². The van der Waals surface area contributed by atoms with E-state index in [1.165, 1.54) is 0 Å². The van der Waals surface area contributed by atoms with Crippen LogP contribution in [0.5, 0.6) is 0 Å². The Balaban J connectivity index is 1.44. The number of nitrogens with zero attached hydrogens (tertiary/aromatic N) is 3. The molecule has 0 aliphatic heterocycles. The number of rotatable bonds is 5. The highest BCUT2D eigenvalue weighted by Gasteiger charge is 2.16. The first-order chi connectivity index (χ1) is 13.7. The van der Waals surface area contributed by atoms with E-state index >= 15 is 0 Å². The number of hydrogen-bond donors (Lipinski definition) is 0. The predicted molar refractivity (Wildman–Crippen MR) is 107 cm³/mol. The average molecular weight is 369 g/mol. The van der Waals surface area contributed by atoms with Gasteiger partial charge in [0.15, 0.2) is 0 Å². The molecule has 1 aromatic heterocycles. The fourth-order valence-electron chi connectivity index (χ4n) is 2.95. The van der Waals surface area contributed by atoms with Gasteiger partial charge in [-0.05, 0) is 35.4 Å². The standard InChI is InChI=1S/C23H19N3O2/c1-26(16-21-24-25-22(28-21)19-10-6-3-7-11-19)23(27)20-14-12-18(13-15-20)17-8-4-2-5-9-17/h2-15H,16H2,1H3. The first-order valence-corrected chi connectivity index (χ1v) is 8.99. The van der Waals surface area contributed by atoms with Gasteiger partial charge in [0.2, 0.25) is 11.8 Å². The first kappa shape index (κ1) is 17.7. The minimum absolute atomic E-state index is 0.0981. The van der Waals surface area contributed by atoms with Gasteiger partial charge in [0.25, 0.3) is 5.91 Å². The second kappa shape index (κ2) is 7.88. The van der Waals surface area contributed by atoms with Crippen LogP contribution < -0.4 is 0 Å². The van der Waals surface area contributed by atoms with Crippen molar-refractivity contribution in [3.8, 4) is 22.6 Å². The Morgan fingerprint density at radius 1 is 0.786 bits per heavy atom. The molecule has 3 aromatic carbocycles. The van der Waals surface area contributed by atoms with E-state index in [-0.39, 0.29) is 12.5 Å². The summed E-state index contributed by atoms with van der Waals surface area (Å²) >= 11 is 0. The minimum atomic E-state index is -0.0981. The van der Waals surface area contributed by atoms with Crippen molar-refractivity contribution < 1.29 is 9.21 Å². The lowest BCUT2D eigenvalue weighted by molar-refractivity contribution is 0.0773. The van der Waals surface area contributed by atoms with E-state index in [0.717, 1.165) is 16.7 Å². The second-order valence-corrected chi connectivity index (χ2v) is 6.47. The number of carbonyl (C=O) groups excluding carboxylic acids is 1. The van der Waals surface area contributed by atoms with E-state index < -0.39 is 0 Å². The summed E-state index contributed by atoms with van der Waals surface area (Å²) < 4.78 is 5.69. The molecule has 4 rings (SSSR count). The maximum atomic E-state index is 12.7. The molecule has 0 N–H and O–H groups in total. The summed E-state index contributed by atoms with van der Waals surface area (Å²) in [5.41, 5.74) is 3.66. The summed E-state index contributed by atoms with van der Waals surface area (Å²) in [7, 11) is 1.72. The van der Waals surface area contributed by atoms with Crippen LogP contribution in [-0.4, -0.2) is 28.1 Å². The number of benzene rings is 3. The zero-order chi connectivity index (χ0) is 19.3. The van der Waals surface area contributed by atoms with E-state index in [4.69, 9.17) is 4.42 Å². The van der Waals surface area contributed by atoms with E-state index in [2.05, 4.69) is 10.2 Å². The smallest absolute Gasteiger partial charge is 0.254 e. The first-order valence-electron chi connectivity index (χ1n) is 8.99. The van der Waals surface area contributed by atoms with Gasteiger partial charge in [-0.1, -0.05) is 60.7 Å². The molecule has 5 nitrogen and oxygen atoms in total. The lowest BCUT2D eigenvalue weighted by Crippen LogP contribution is -2.26. The third kappa shape index (κ3) is 3.83. The van der Waals surface area contributed by atoms with Crippen molar-refractivity contribution in [3.63, 3.8) is 0 Å². The Morgan fingerprint density at radius 3 is 2.00 bits per heavy atom. The van der Waals surface area contributed by atoms with Gasteiger partial charge in [-0.25, -0.2) is 0 Å². The summed E-state index contributed by atoms with van der Waals surface area (Å²) in [4.78, 5) is 14.3. The minimum Gasteiger partial charge on any atom is -0.419 e. The van der Waals surface area contributed by atoms with Crippen LogP contribution in [0, 0.1) is 0 Å². The lowest BCUT2D eigenvalue weighted by atomic mass is 10.0. The van der Waals surface area contributed by atoms with Gasteiger partial charge in [0.1, 0.15) is 0 Å². The van der Waals surface area contributed by atoms with Gasteiger partial charge < -0.3 is 9.32 Å². The van der Waals surface area contributed by atoms with Crippen LogP contribution in [0.2, 0.25) is 0 Å². The second-order valence-electron chi connectivity index (χ2n) is 6.47. The van der Waals surface area contributed by atoms with Crippen LogP contribution in [0.25, 0.3) is 22.6 Å². The molecule has 0 spiro atoms. The Bertz CT molecular complexity index is 1060. The number of carbonyl (C=O) groups is 1. The Kier molecular flexibility index (Phi) is 4.97. The van der Waals surface area contributed by atoms with Crippen molar-refractivity contribution >= 4 is 5.91 Å². The summed E-state index contributed by atoms with van der Waals surface area (Å²) in [6, 6.07) is 27.2. The highest BCUT2D eigenvalue weighted by Crippen LogP contribution is 2.21. The molecular weight excluding hydrogens is 350 g/mol. The van der Waals surface area contributed by atoms with E-state index in [0.29, 0.717) is 17.3 Å². The van der Waals surface area contributed by atoms with E-state index in [1.807, 2.05) is 84.9 Å². The maximum Gasteiger partial charge on any atom is 0.254 e. The summed E-state index contributed by atoms with van der Waals surface area (Å²) in [5.74, 6) is 0.748. The van der Waals surface area contributed by atoms with Crippen molar-refractivity contribution in [2.24, 2.45) is 0 Å². The third-order valence-electron chi connectivity index (χ3n) is 4.45. The van der Waals surface area contributed by atoms with Gasteiger partial charge in [-0.3, -0.25) is 4.79 Å². The molecule has 0 saturated carbocycles. The number of hydrogen-bond acceptors (Lipinski definition) is 4. The average Bonchev–Trinajstić information content (AvgIpc) is 3.23. The number of amides is 1. The summed E-state index contributed by atoms with van der Waals surface area (Å²) in [6.07, 6.45) is 0. The van der Waals surface area contributed by atoms with Crippen molar-refractivity contribution in [3.05, 3.63) is 96.4 Å². The third-order valence-corrected chi connectivity index (χ3v) is 4.45. The largest absolute Gasteiger partial charge is 0.419 e. The molecule has 5 heteroatoms. The quantitative estimate of drug-likeness (QED) is 0.513. The van der Waals surface area contributed by atoms with Gasteiger partial charge in [0.05, 0.1) is 6.54 Å². The topological polar surface area (TPSA) is 59.2 Å². The van der Waals surface area contributed by atoms with Crippen LogP contribution in [0.1, 0.15) is 16.2 Å². The lowest BCUT2D eigenvalue weighted by Gasteiger charge is -2.15. The Morgan fingerprint density at radius 2 is 1.36 bits per heavy atom. The molecule has 28 heavy (non-hydrogen) atoms. The summed E-state index contributed by atoms with van der Waals surface area (Å²) in [5, 5.41) is 8.11. The monoisotopic (exact) mass is 369 g/mol. The van der Waals surface area contributed by atoms with Gasteiger partial charge in [-0.2, -0.15) is 0 Å².